The molecule has 2 heterocycles. The third-order valence-corrected chi connectivity index (χ3v) is 2.98. The Bertz CT molecular complexity index is 659. The molecule has 21 heavy (non-hydrogen) atoms. The Morgan fingerprint density at radius 1 is 1.33 bits per heavy atom. The Kier molecular flexibility index (Phi) is 4.36. The van der Waals surface area contributed by atoms with E-state index in [0.717, 1.165) is 17.8 Å². The first kappa shape index (κ1) is 14.8. The lowest BCUT2D eigenvalue weighted by Gasteiger charge is -2.01. The highest BCUT2D eigenvalue weighted by atomic mass is 16.4. The van der Waals surface area contributed by atoms with E-state index >= 15 is 0 Å². The molecule has 0 aliphatic carbocycles. The van der Waals surface area contributed by atoms with E-state index in [9.17, 15) is 9.59 Å². The van der Waals surface area contributed by atoms with Gasteiger partial charge >= 0.3 is 5.97 Å². The van der Waals surface area contributed by atoms with Gasteiger partial charge in [0.05, 0.1) is 5.69 Å². The summed E-state index contributed by atoms with van der Waals surface area (Å²) in [6.45, 7) is 4.74. The fourth-order valence-corrected chi connectivity index (χ4v) is 1.87. The van der Waals surface area contributed by atoms with Crippen LogP contribution < -0.4 is 5.32 Å². The molecule has 2 rings (SSSR count). The number of hydrogen-bond donors (Lipinski definition) is 2. The van der Waals surface area contributed by atoms with Gasteiger partial charge in [0.25, 0.3) is 5.91 Å². The van der Waals surface area contributed by atoms with Crippen molar-refractivity contribution in [2.24, 2.45) is 0 Å². The molecule has 2 aromatic rings. The van der Waals surface area contributed by atoms with Crippen LogP contribution in [0.25, 0.3) is 0 Å². The van der Waals surface area contributed by atoms with E-state index in [2.05, 4.69) is 15.5 Å². The Hall–Kier alpha value is -2.64. The molecule has 0 bridgehead atoms. The van der Waals surface area contributed by atoms with E-state index in [1.807, 2.05) is 20.0 Å². The molecule has 0 saturated heterocycles. The lowest BCUT2D eigenvalue weighted by molar-refractivity contribution is -0.137. The minimum atomic E-state index is -1.01. The number of nitrogens with one attached hydrogen (secondary N) is 1. The summed E-state index contributed by atoms with van der Waals surface area (Å²) in [5.74, 6) is -1.35. The van der Waals surface area contributed by atoms with E-state index in [-0.39, 0.29) is 18.1 Å². The monoisotopic (exact) mass is 291 g/mol. The van der Waals surface area contributed by atoms with Crippen LogP contribution in [0.3, 0.4) is 0 Å². The van der Waals surface area contributed by atoms with Crippen molar-refractivity contribution in [2.45, 2.75) is 33.5 Å². The van der Waals surface area contributed by atoms with Gasteiger partial charge in [-0.1, -0.05) is 0 Å². The van der Waals surface area contributed by atoms with Gasteiger partial charge in [-0.3, -0.25) is 19.0 Å². The summed E-state index contributed by atoms with van der Waals surface area (Å²) < 4.78 is 3.01. The second-order valence-electron chi connectivity index (χ2n) is 4.57. The first-order chi connectivity index (χ1) is 9.99. The van der Waals surface area contributed by atoms with Gasteiger partial charge in [-0.2, -0.15) is 10.2 Å². The average Bonchev–Trinajstić information content (AvgIpc) is 3.02. The van der Waals surface area contributed by atoms with Crippen LogP contribution in [-0.2, 0) is 24.4 Å². The topological polar surface area (TPSA) is 102 Å². The molecule has 2 aromatic heterocycles. The number of carbonyl (C=O) groups is 2. The maximum atomic E-state index is 11.9. The van der Waals surface area contributed by atoms with Crippen molar-refractivity contribution in [1.29, 1.82) is 0 Å². The molecule has 2 N–H and O–H groups in total. The normalized spacial score (nSPS) is 10.6. The van der Waals surface area contributed by atoms with Gasteiger partial charge in [-0.25, -0.2) is 0 Å². The van der Waals surface area contributed by atoms with E-state index in [1.165, 1.54) is 16.9 Å². The lowest BCUT2D eigenvalue weighted by atomic mass is 10.2. The number of rotatable bonds is 6. The number of carboxylic acid groups (broad SMARTS) is 1. The SMILES string of the molecule is CCn1cc(CNC(=O)c2ccn(CC(=O)O)n2)c(C)n1. The van der Waals surface area contributed by atoms with E-state index < -0.39 is 5.97 Å². The van der Waals surface area contributed by atoms with E-state index in [0.29, 0.717) is 6.54 Å². The Morgan fingerprint density at radius 3 is 2.71 bits per heavy atom. The van der Waals surface area contributed by atoms with Gasteiger partial charge in [0, 0.05) is 31.0 Å². The quantitative estimate of drug-likeness (QED) is 0.803. The van der Waals surface area contributed by atoms with Crippen molar-refractivity contribution in [1.82, 2.24) is 24.9 Å². The molecule has 0 aromatic carbocycles. The molecule has 0 spiro atoms. The smallest absolute Gasteiger partial charge is 0.325 e. The van der Waals surface area contributed by atoms with Crippen molar-refractivity contribution in [3.8, 4) is 0 Å². The van der Waals surface area contributed by atoms with Crippen molar-refractivity contribution >= 4 is 11.9 Å². The predicted octanol–water partition coefficient (Wildman–Crippen LogP) is 0.423. The summed E-state index contributed by atoms with van der Waals surface area (Å²) in [5.41, 5.74) is 2.00. The molecule has 1 amide bonds. The molecule has 0 aliphatic heterocycles. The van der Waals surface area contributed by atoms with E-state index in [1.54, 1.807) is 4.68 Å². The second-order valence-corrected chi connectivity index (χ2v) is 4.57. The van der Waals surface area contributed by atoms with Crippen LogP contribution >= 0.6 is 0 Å². The second kappa shape index (κ2) is 6.21. The molecule has 0 unspecified atom stereocenters. The fraction of sp³-hybridized carbons (Fsp3) is 0.385. The van der Waals surface area contributed by atoms with Crippen LogP contribution in [-0.4, -0.2) is 36.5 Å². The molecule has 8 heteroatoms. The number of carbonyl (C=O) groups excluding carboxylic acids is 1. The molecule has 0 aliphatic rings. The van der Waals surface area contributed by atoms with Gasteiger partial charge in [0.2, 0.25) is 0 Å². The van der Waals surface area contributed by atoms with Gasteiger partial charge in [0.15, 0.2) is 0 Å². The fourth-order valence-electron chi connectivity index (χ4n) is 1.87. The summed E-state index contributed by atoms with van der Waals surface area (Å²) in [4.78, 5) is 22.5. The Balaban J connectivity index is 1.96. The van der Waals surface area contributed by atoms with Crippen LogP contribution in [0.15, 0.2) is 18.5 Å². The van der Waals surface area contributed by atoms with E-state index in [4.69, 9.17) is 5.11 Å². The summed E-state index contributed by atoms with van der Waals surface area (Å²) in [7, 11) is 0. The summed E-state index contributed by atoms with van der Waals surface area (Å²) >= 11 is 0. The molecule has 0 fully saturated rings. The van der Waals surface area contributed by atoms with Crippen LogP contribution in [0.5, 0.6) is 0 Å². The molecule has 0 radical (unpaired) electrons. The zero-order valence-corrected chi connectivity index (χ0v) is 11.9. The molecule has 112 valence electrons. The molecule has 0 saturated carbocycles. The maximum absolute atomic E-state index is 11.9. The number of nitrogens with zero attached hydrogens (tertiary/aromatic N) is 4. The van der Waals surface area contributed by atoms with Crippen molar-refractivity contribution < 1.29 is 14.7 Å². The minimum Gasteiger partial charge on any atom is -0.480 e. The Morgan fingerprint density at radius 2 is 2.10 bits per heavy atom. The average molecular weight is 291 g/mol. The van der Waals surface area contributed by atoms with Gasteiger partial charge in [-0.05, 0) is 19.9 Å². The van der Waals surface area contributed by atoms with Crippen molar-refractivity contribution in [3.05, 3.63) is 35.4 Å². The maximum Gasteiger partial charge on any atom is 0.325 e. The number of aryl methyl sites for hydroxylation is 2. The molecular weight excluding hydrogens is 274 g/mol. The summed E-state index contributed by atoms with van der Waals surface area (Å²) in [6.07, 6.45) is 3.35. The third kappa shape index (κ3) is 3.68. The molecular formula is C13H17N5O3. The lowest BCUT2D eigenvalue weighted by Crippen LogP contribution is -2.24. The third-order valence-electron chi connectivity index (χ3n) is 2.98. The zero-order valence-electron chi connectivity index (χ0n) is 11.9. The number of hydrogen-bond acceptors (Lipinski definition) is 4. The number of amides is 1. The highest BCUT2D eigenvalue weighted by Crippen LogP contribution is 2.05. The first-order valence-corrected chi connectivity index (χ1v) is 6.56. The number of carboxylic acids is 1. The van der Waals surface area contributed by atoms with Gasteiger partial charge in [0.1, 0.15) is 12.2 Å². The van der Waals surface area contributed by atoms with Crippen molar-refractivity contribution in [2.75, 3.05) is 0 Å². The number of aliphatic carboxylic acids is 1. The zero-order chi connectivity index (χ0) is 15.4. The molecule has 8 nitrogen and oxygen atoms in total. The van der Waals surface area contributed by atoms with Gasteiger partial charge < -0.3 is 10.4 Å². The first-order valence-electron chi connectivity index (χ1n) is 6.56. The largest absolute Gasteiger partial charge is 0.480 e. The summed E-state index contributed by atoms with van der Waals surface area (Å²) in [6, 6.07) is 1.49. The van der Waals surface area contributed by atoms with Gasteiger partial charge in [-0.15, -0.1) is 0 Å². The van der Waals surface area contributed by atoms with Crippen LogP contribution in [0.4, 0.5) is 0 Å². The molecule has 0 atom stereocenters. The highest BCUT2D eigenvalue weighted by Gasteiger charge is 2.12. The Labute approximate surface area is 121 Å². The highest BCUT2D eigenvalue weighted by molar-refractivity contribution is 5.92. The van der Waals surface area contributed by atoms with Crippen LogP contribution in [0.1, 0.15) is 28.7 Å². The number of aromatic nitrogens is 4. The summed E-state index contributed by atoms with van der Waals surface area (Å²) in [5, 5.41) is 19.6. The predicted molar refractivity (Wildman–Crippen MR) is 73.7 cm³/mol. The van der Waals surface area contributed by atoms with Crippen LogP contribution in [0.2, 0.25) is 0 Å². The van der Waals surface area contributed by atoms with Crippen LogP contribution in [0, 0.1) is 6.92 Å². The standard InChI is InChI=1S/C13H17N5O3/c1-3-17-7-10(9(2)15-17)6-14-13(21)11-4-5-18(16-11)8-12(19)20/h4-5,7H,3,6,8H2,1-2H3,(H,14,21)(H,19,20). The van der Waals surface area contributed by atoms with Crippen molar-refractivity contribution in [3.63, 3.8) is 0 Å². The minimum absolute atomic E-state index is 0.191.